The highest BCUT2D eigenvalue weighted by molar-refractivity contribution is 5.99. The highest BCUT2D eigenvalue weighted by atomic mass is 16.5. The predicted octanol–water partition coefficient (Wildman–Crippen LogP) is 15.5. The monoisotopic (exact) mass is 1220 g/mol. The predicted molar refractivity (Wildman–Crippen MR) is 350 cm³/mol. The van der Waals surface area contributed by atoms with Crippen molar-refractivity contribution in [3.63, 3.8) is 0 Å². The third-order valence-electron chi connectivity index (χ3n) is 19.5. The van der Waals surface area contributed by atoms with Gasteiger partial charge in [0.15, 0.2) is 0 Å². The van der Waals surface area contributed by atoms with Crippen LogP contribution in [0.2, 0.25) is 0 Å². The van der Waals surface area contributed by atoms with Crippen LogP contribution in [0.1, 0.15) is 233 Å². The number of phenolic OH excluding ortho intramolecular Hbond substituents is 1. The van der Waals surface area contributed by atoms with E-state index in [2.05, 4.69) is 19.9 Å². The summed E-state index contributed by atoms with van der Waals surface area (Å²) in [5, 5.41) is 10.3. The molecule has 0 radical (unpaired) electrons. The molecule has 2 saturated carbocycles. The molecule has 12 heteroatoms. The van der Waals surface area contributed by atoms with Gasteiger partial charge < -0.3 is 9.84 Å². The van der Waals surface area contributed by atoms with E-state index in [1.54, 1.807) is 12.1 Å². The van der Waals surface area contributed by atoms with Crippen LogP contribution in [0.3, 0.4) is 0 Å². The lowest BCUT2D eigenvalue weighted by Crippen LogP contribution is -2.35. The maximum atomic E-state index is 15.1. The highest BCUT2D eigenvalue weighted by Gasteiger charge is 2.42. The second kappa shape index (κ2) is 35.1. The molecule has 6 rings (SSSR count). The summed E-state index contributed by atoms with van der Waals surface area (Å²) in [6.45, 7) is 17.6. The largest absolute Gasteiger partial charge is 0.508 e. The molecular weight excluding hydrogens is 1120 g/mol. The Morgan fingerprint density at radius 2 is 1.19 bits per heavy atom. The number of unbranched alkanes of at least 4 members (excludes halogenated alkanes) is 1. The van der Waals surface area contributed by atoms with Crippen LogP contribution in [-0.4, -0.2) is 75.1 Å². The Morgan fingerprint density at radius 1 is 0.607 bits per heavy atom. The molecule has 4 aliphatic rings. The number of rotatable bonds is 42. The standard InChI is InChI=1S/C77H106O12/c1-10-19-68(80)66-26-18-27-67(66)76(88)57(24-15-12-20-49(3)4)42-72(84)58(36-50(5)6)43-75(87)62(48-89-77(7,8)9)47-74(86)60(38-52-28-33-63(78)34-29-52)44-69(81)53(11-2)41-71(83)61(39-55-31-30-54-23-16-17-25-65(54)55)46-73(85)59(37-51-21-13-14-22-51)45-70(82)56-32-35-64(79)40-56/h13,16-17,21-23,25,28-29,31,33-34,49-50,53,56-62,66-67,78H,10-12,14-15,18-20,24,26-27,30,32,35-48H2,1-9H3. The van der Waals surface area contributed by atoms with Crippen molar-refractivity contribution in [1.29, 1.82) is 0 Å². The molecule has 486 valence electrons. The van der Waals surface area contributed by atoms with Crippen molar-refractivity contribution >= 4 is 63.4 Å². The first-order valence-corrected chi connectivity index (χ1v) is 34.1. The van der Waals surface area contributed by atoms with E-state index < -0.39 is 58.9 Å². The maximum absolute atomic E-state index is 15.1. The van der Waals surface area contributed by atoms with Gasteiger partial charge in [0.1, 0.15) is 63.6 Å². The first-order chi connectivity index (χ1) is 42.3. The molecule has 4 aliphatic carbocycles. The van der Waals surface area contributed by atoms with Gasteiger partial charge in [-0.3, -0.25) is 47.9 Å². The zero-order valence-electron chi connectivity index (χ0n) is 55.4. The van der Waals surface area contributed by atoms with Gasteiger partial charge in [-0.15, -0.1) is 0 Å². The Bertz CT molecular complexity index is 2890. The molecule has 0 bridgehead atoms. The quantitative estimate of drug-likeness (QED) is 0.0618. The van der Waals surface area contributed by atoms with Crippen LogP contribution in [0, 0.1) is 71.0 Å². The van der Waals surface area contributed by atoms with E-state index >= 15 is 9.59 Å². The fraction of sp³-hybridized carbons (Fsp3) is 0.636. The molecular formula is C77H106O12. The summed E-state index contributed by atoms with van der Waals surface area (Å²) < 4.78 is 6.28. The van der Waals surface area contributed by atoms with Gasteiger partial charge in [-0.2, -0.15) is 0 Å². The number of ketones is 10. The van der Waals surface area contributed by atoms with Crippen LogP contribution in [0.5, 0.6) is 5.75 Å². The number of phenols is 1. The lowest BCUT2D eigenvalue weighted by molar-refractivity contribution is -0.139. The number of hydrogen-bond acceptors (Lipinski definition) is 12. The van der Waals surface area contributed by atoms with E-state index in [9.17, 15) is 43.5 Å². The van der Waals surface area contributed by atoms with Crippen molar-refractivity contribution in [2.75, 3.05) is 6.61 Å². The van der Waals surface area contributed by atoms with E-state index in [0.29, 0.717) is 75.7 Å². The number of aromatic hydroxyl groups is 1. The Kier molecular flexibility index (Phi) is 28.5. The number of benzene rings is 2. The Hall–Kier alpha value is -5.88. The molecule has 0 amide bonds. The van der Waals surface area contributed by atoms with Crippen molar-refractivity contribution < 1.29 is 57.8 Å². The minimum Gasteiger partial charge on any atom is -0.508 e. The number of ether oxygens (including phenoxy) is 1. The van der Waals surface area contributed by atoms with Crippen molar-refractivity contribution in [2.24, 2.45) is 71.0 Å². The van der Waals surface area contributed by atoms with E-state index in [1.807, 2.05) is 91.0 Å². The molecule has 10 unspecified atom stereocenters. The van der Waals surface area contributed by atoms with Gasteiger partial charge in [0.2, 0.25) is 0 Å². The van der Waals surface area contributed by atoms with Crippen LogP contribution < -0.4 is 0 Å². The number of hydrogen-bond donors (Lipinski definition) is 1. The van der Waals surface area contributed by atoms with Crippen molar-refractivity contribution in [3.8, 4) is 5.75 Å². The molecule has 2 aromatic rings. The Labute approximate surface area is 532 Å². The van der Waals surface area contributed by atoms with E-state index in [-0.39, 0.29) is 153 Å². The second-order valence-corrected chi connectivity index (χ2v) is 28.7. The van der Waals surface area contributed by atoms with Gasteiger partial charge in [-0.05, 0) is 144 Å². The highest BCUT2D eigenvalue weighted by Crippen LogP contribution is 2.40. The molecule has 2 fully saturated rings. The van der Waals surface area contributed by atoms with Gasteiger partial charge in [0.05, 0.1) is 12.2 Å². The number of allylic oxidation sites excluding steroid dienone is 6. The van der Waals surface area contributed by atoms with E-state index in [1.165, 1.54) is 12.1 Å². The van der Waals surface area contributed by atoms with Crippen molar-refractivity contribution in [3.05, 3.63) is 95.1 Å². The summed E-state index contributed by atoms with van der Waals surface area (Å²) >= 11 is 0. The molecule has 10 atom stereocenters. The van der Waals surface area contributed by atoms with Gasteiger partial charge in [0.25, 0.3) is 0 Å². The molecule has 0 spiro atoms. The van der Waals surface area contributed by atoms with E-state index in [4.69, 9.17) is 4.74 Å². The van der Waals surface area contributed by atoms with Gasteiger partial charge >= 0.3 is 0 Å². The lowest BCUT2D eigenvalue weighted by Gasteiger charge is -2.28. The maximum Gasteiger partial charge on any atom is 0.140 e. The average molecular weight is 1220 g/mol. The molecule has 12 nitrogen and oxygen atoms in total. The number of carbonyl (C=O) groups is 10. The van der Waals surface area contributed by atoms with Crippen LogP contribution in [0.4, 0.5) is 0 Å². The second-order valence-electron chi connectivity index (χ2n) is 28.7. The molecule has 1 N–H and O–H groups in total. The molecule has 0 aliphatic heterocycles. The Balaban J connectivity index is 1.24. The summed E-state index contributed by atoms with van der Waals surface area (Å²) in [6.07, 6.45) is 17.4. The zero-order valence-corrected chi connectivity index (χ0v) is 55.4. The first kappa shape index (κ1) is 72.2. The fourth-order valence-electron chi connectivity index (χ4n) is 14.2. The van der Waals surface area contributed by atoms with Crippen molar-refractivity contribution in [1.82, 2.24) is 0 Å². The van der Waals surface area contributed by atoms with E-state index in [0.717, 1.165) is 54.4 Å². The van der Waals surface area contributed by atoms with Gasteiger partial charge in [-0.25, -0.2) is 0 Å². The molecule has 0 saturated heterocycles. The topological polar surface area (TPSA) is 200 Å². The first-order valence-electron chi connectivity index (χ1n) is 34.1. The van der Waals surface area contributed by atoms with Crippen LogP contribution in [-0.2, 0) is 65.5 Å². The number of fused-ring (bicyclic) bond motifs is 1. The minimum atomic E-state index is -0.975. The summed E-state index contributed by atoms with van der Waals surface area (Å²) in [5.74, 6) is -7.62. The van der Waals surface area contributed by atoms with Gasteiger partial charge in [-0.1, -0.05) is 134 Å². The number of Topliss-reactive ketones (excluding diaryl/α,β-unsaturated/α-hetero) is 10. The van der Waals surface area contributed by atoms with Crippen LogP contribution in [0.15, 0.2) is 78.4 Å². The fourth-order valence-corrected chi connectivity index (χ4v) is 14.2. The summed E-state index contributed by atoms with van der Waals surface area (Å²) in [5.41, 5.74) is 4.02. The average Bonchev–Trinajstić information content (AvgIpc) is 2.40. The minimum absolute atomic E-state index is 0.00249. The SMILES string of the molecule is CCCC(=O)C1CCCC1C(=O)C(CCCCC(C)C)CC(=O)C(CC(=O)C(COC(C)(C)C)CC(=O)C(CC(=O)C(CC)CC(=O)C(CC(=O)C(CC(=O)C1CCC(=O)C1)CC1=CCC=C1)CC1=CCc2ccccc21)Cc1ccc(O)cc1)CC(C)C. The summed E-state index contributed by atoms with van der Waals surface area (Å²) in [7, 11) is 0. The molecule has 89 heavy (non-hydrogen) atoms. The number of carbonyl (C=O) groups excluding carboxylic acids is 10. The lowest BCUT2D eigenvalue weighted by atomic mass is 9.76. The van der Waals surface area contributed by atoms with Crippen LogP contribution >= 0.6 is 0 Å². The third kappa shape index (κ3) is 22.8. The van der Waals surface area contributed by atoms with Gasteiger partial charge in [0, 0.05) is 123 Å². The third-order valence-corrected chi connectivity index (χ3v) is 19.5. The normalized spacial score (nSPS) is 19.7. The van der Waals surface area contributed by atoms with Crippen LogP contribution in [0.25, 0.3) is 5.57 Å². The summed E-state index contributed by atoms with van der Waals surface area (Å²) in [4.78, 5) is 144. The zero-order chi connectivity index (χ0) is 65.0. The molecule has 0 aromatic heterocycles. The van der Waals surface area contributed by atoms with Crippen molar-refractivity contribution in [2.45, 2.75) is 235 Å². The summed E-state index contributed by atoms with van der Waals surface area (Å²) in [6, 6.07) is 14.4. The molecule has 2 aromatic carbocycles. The Morgan fingerprint density at radius 3 is 1.81 bits per heavy atom. The molecule has 0 heterocycles. The smallest absolute Gasteiger partial charge is 0.140 e.